The van der Waals surface area contributed by atoms with Gasteiger partial charge in [-0.1, -0.05) is 57.3 Å². The average molecular weight is 535 g/mol. The van der Waals surface area contributed by atoms with Crippen LogP contribution in [0.4, 0.5) is 0 Å². The van der Waals surface area contributed by atoms with E-state index in [0.29, 0.717) is 34.7 Å². The van der Waals surface area contributed by atoms with E-state index >= 15 is 0 Å². The topological polar surface area (TPSA) is 59.2 Å². The molecule has 0 fully saturated rings. The first-order chi connectivity index (χ1) is 15.5. The van der Waals surface area contributed by atoms with Crippen molar-refractivity contribution in [3.05, 3.63) is 86.1 Å². The number of benzene rings is 3. The fourth-order valence-electron chi connectivity index (χ4n) is 3.33. The van der Waals surface area contributed by atoms with Crippen LogP contribution in [0, 0.1) is 0 Å². The number of nitrogens with zero attached hydrogens (tertiary/aromatic N) is 1. The number of aromatic amines is 1. The number of para-hydroxylation sites is 2. The zero-order chi connectivity index (χ0) is 22.5. The Morgan fingerprint density at radius 1 is 1.03 bits per heavy atom. The highest BCUT2D eigenvalue weighted by molar-refractivity contribution is 9.10. The number of methoxy groups -OCH3 is 1. The largest absolute Gasteiger partial charge is 0.493 e. The lowest BCUT2D eigenvalue weighted by Crippen LogP contribution is -2.17. The Labute approximate surface area is 205 Å². The van der Waals surface area contributed by atoms with Crippen molar-refractivity contribution in [2.24, 2.45) is 0 Å². The predicted molar refractivity (Wildman–Crippen MR) is 133 cm³/mol. The lowest BCUT2D eigenvalue weighted by molar-refractivity contribution is 0.284. The van der Waals surface area contributed by atoms with Crippen LogP contribution in [0.15, 0.2) is 59.1 Å². The van der Waals surface area contributed by atoms with Gasteiger partial charge in [-0.2, -0.15) is 0 Å². The highest BCUT2D eigenvalue weighted by Crippen LogP contribution is 2.34. The number of aromatic nitrogens is 2. The second kappa shape index (κ2) is 10.6. The van der Waals surface area contributed by atoms with Gasteiger partial charge in [-0.15, -0.1) is 0 Å². The second-order valence-corrected chi connectivity index (χ2v) is 8.93. The second-order valence-electron chi connectivity index (χ2n) is 7.26. The number of imidazole rings is 1. The van der Waals surface area contributed by atoms with Crippen molar-refractivity contribution in [2.45, 2.75) is 19.6 Å². The van der Waals surface area contributed by atoms with Crippen molar-refractivity contribution in [2.75, 3.05) is 13.7 Å². The smallest absolute Gasteiger partial charge is 0.162 e. The van der Waals surface area contributed by atoms with E-state index in [1.807, 2.05) is 42.5 Å². The van der Waals surface area contributed by atoms with Gasteiger partial charge in [0.2, 0.25) is 0 Å². The summed E-state index contributed by atoms with van der Waals surface area (Å²) in [6.45, 7) is 1.84. The van der Waals surface area contributed by atoms with E-state index in [4.69, 9.17) is 32.7 Å². The maximum atomic E-state index is 6.09. The fourth-order valence-corrected chi connectivity index (χ4v) is 4.11. The van der Waals surface area contributed by atoms with Gasteiger partial charge in [-0.3, -0.25) is 0 Å². The van der Waals surface area contributed by atoms with Crippen molar-refractivity contribution in [1.82, 2.24) is 15.3 Å². The summed E-state index contributed by atoms with van der Waals surface area (Å²) in [5.74, 6) is 2.29. The molecule has 1 aromatic heterocycles. The molecule has 0 amide bonds. The van der Waals surface area contributed by atoms with Gasteiger partial charge in [0.1, 0.15) is 12.4 Å². The Morgan fingerprint density at radius 2 is 1.88 bits per heavy atom. The van der Waals surface area contributed by atoms with E-state index in [-0.39, 0.29) is 0 Å². The van der Waals surface area contributed by atoms with Crippen molar-refractivity contribution in [3.8, 4) is 11.5 Å². The molecule has 0 unspecified atom stereocenters. The lowest BCUT2D eigenvalue weighted by Gasteiger charge is -2.15. The minimum atomic E-state index is 0.356. The van der Waals surface area contributed by atoms with Crippen LogP contribution in [0.3, 0.4) is 0 Å². The minimum absolute atomic E-state index is 0.356. The van der Waals surface area contributed by atoms with Crippen molar-refractivity contribution < 1.29 is 9.47 Å². The van der Waals surface area contributed by atoms with Gasteiger partial charge in [-0.25, -0.2) is 4.98 Å². The zero-order valence-electron chi connectivity index (χ0n) is 17.4. The van der Waals surface area contributed by atoms with Crippen LogP contribution in [0.1, 0.15) is 17.0 Å². The zero-order valence-corrected chi connectivity index (χ0v) is 20.5. The van der Waals surface area contributed by atoms with Gasteiger partial charge in [0.25, 0.3) is 0 Å². The molecule has 8 heteroatoms. The van der Waals surface area contributed by atoms with E-state index < -0.39 is 0 Å². The number of hydrogen-bond donors (Lipinski definition) is 2. The van der Waals surface area contributed by atoms with Crippen LogP contribution in [-0.2, 0) is 19.6 Å². The highest BCUT2D eigenvalue weighted by atomic mass is 79.9. The van der Waals surface area contributed by atoms with E-state index in [0.717, 1.165) is 45.4 Å². The molecule has 5 nitrogen and oxygen atoms in total. The van der Waals surface area contributed by atoms with Gasteiger partial charge < -0.3 is 19.8 Å². The molecule has 3 aromatic carbocycles. The molecular weight excluding hydrogens is 513 g/mol. The summed E-state index contributed by atoms with van der Waals surface area (Å²) < 4.78 is 12.5. The number of halogens is 3. The molecule has 0 spiro atoms. The molecule has 0 saturated carbocycles. The summed E-state index contributed by atoms with van der Waals surface area (Å²) in [7, 11) is 1.63. The molecule has 0 radical (unpaired) electrons. The van der Waals surface area contributed by atoms with Gasteiger partial charge in [0, 0.05) is 24.0 Å². The standard InChI is InChI=1S/C24H22BrCl2N3O2/c1-31-22-11-16(13-28-9-8-24-29-20-4-2-3-5-21(20)30-24)17(25)12-23(22)32-14-15-6-7-18(26)19(27)10-15/h2-7,10-12,28H,8-9,13-14H2,1H3,(H,29,30). The molecule has 2 N–H and O–H groups in total. The van der Waals surface area contributed by atoms with Crippen LogP contribution in [0.2, 0.25) is 10.0 Å². The first-order valence-corrected chi connectivity index (χ1v) is 11.7. The molecule has 0 aliphatic carbocycles. The highest BCUT2D eigenvalue weighted by Gasteiger charge is 2.11. The Hall–Kier alpha value is -2.25. The third-order valence-electron chi connectivity index (χ3n) is 5.00. The van der Waals surface area contributed by atoms with Crippen LogP contribution >= 0.6 is 39.1 Å². The Balaban J connectivity index is 1.35. The van der Waals surface area contributed by atoms with Crippen LogP contribution in [-0.4, -0.2) is 23.6 Å². The molecule has 4 rings (SSSR count). The maximum Gasteiger partial charge on any atom is 0.162 e. The van der Waals surface area contributed by atoms with Crippen molar-refractivity contribution >= 4 is 50.2 Å². The van der Waals surface area contributed by atoms with Crippen molar-refractivity contribution in [3.63, 3.8) is 0 Å². The number of ether oxygens (including phenoxy) is 2. The summed E-state index contributed by atoms with van der Waals surface area (Å²) in [5, 5.41) is 4.49. The number of hydrogen-bond acceptors (Lipinski definition) is 4. The van der Waals surface area contributed by atoms with Gasteiger partial charge in [-0.05, 0) is 47.5 Å². The molecule has 166 valence electrons. The summed E-state index contributed by atoms with van der Waals surface area (Å²) >= 11 is 15.7. The molecule has 0 bridgehead atoms. The minimum Gasteiger partial charge on any atom is -0.493 e. The summed E-state index contributed by atoms with van der Waals surface area (Å²) in [6, 6.07) is 17.4. The first-order valence-electron chi connectivity index (χ1n) is 10.1. The summed E-state index contributed by atoms with van der Waals surface area (Å²) in [6.07, 6.45) is 0.814. The Kier molecular flexibility index (Phi) is 7.58. The molecule has 0 saturated heterocycles. The molecular formula is C24H22BrCl2N3O2. The molecule has 4 aromatic rings. The molecule has 32 heavy (non-hydrogen) atoms. The third kappa shape index (κ3) is 5.56. The van der Waals surface area contributed by atoms with Gasteiger partial charge >= 0.3 is 0 Å². The number of H-pyrrole nitrogens is 1. The molecule has 0 aliphatic heterocycles. The lowest BCUT2D eigenvalue weighted by atomic mass is 10.2. The SMILES string of the molecule is COc1cc(CNCCc2nc3ccccc3[nH]2)c(Br)cc1OCc1ccc(Cl)c(Cl)c1. The van der Waals surface area contributed by atoms with Crippen molar-refractivity contribution in [1.29, 1.82) is 0 Å². The predicted octanol–water partition coefficient (Wildman–Crippen LogP) is 6.55. The average Bonchev–Trinajstić information content (AvgIpc) is 3.21. The summed E-state index contributed by atoms with van der Waals surface area (Å²) in [5.41, 5.74) is 4.06. The van der Waals surface area contributed by atoms with E-state index in [9.17, 15) is 0 Å². The number of nitrogens with one attached hydrogen (secondary N) is 2. The normalized spacial score (nSPS) is 11.1. The molecule has 0 aliphatic rings. The number of rotatable bonds is 9. The maximum absolute atomic E-state index is 6.09. The van der Waals surface area contributed by atoms with Gasteiger partial charge in [0.15, 0.2) is 11.5 Å². The Bertz CT molecular complexity index is 1200. The van der Waals surface area contributed by atoms with Crippen LogP contribution < -0.4 is 14.8 Å². The van der Waals surface area contributed by atoms with E-state index in [1.54, 1.807) is 19.2 Å². The van der Waals surface area contributed by atoms with E-state index in [2.05, 4.69) is 31.2 Å². The molecule has 1 heterocycles. The molecule has 0 atom stereocenters. The van der Waals surface area contributed by atoms with Gasteiger partial charge in [0.05, 0.1) is 28.2 Å². The quantitative estimate of drug-likeness (QED) is 0.239. The monoisotopic (exact) mass is 533 g/mol. The third-order valence-corrected chi connectivity index (χ3v) is 6.48. The van der Waals surface area contributed by atoms with Crippen LogP contribution in [0.5, 0.6) is 11.5 Å². The fraction of sp³-hybridized carbons (Fsp3) is 0.208. The Morgan fingerprint density at radius 3 is 2.66 bits per heavy atom. The van der Waals surface area contributed by atoms with E-state index in [1.165, 1.54) is 0 Å². The number of fused-ring (bicyclic) bond motifs is 1. The van der Waals surface area contributed by atoms with Crippen LogP contribution in [0.25, 0.3) is 11.0 Å². The first kappa shape index (κ1) is 22.9. The summed E-state index contributed by atoms with van der Waals surface area (Å²) in [4.78, 5) is 7.97.